The molecule has 0 saturated heterocycles. The minimum absolute atomic E-state index is 0.0490. The molecule has 2 atom stereocenters. The van der Waals surface area contributed by atoms with Crippen LogP contribution >= 0.6 is 0 Å². The molecule has 1 aromatic carbocycles. The molecular weight excluding hydrogens is 456 g/mol. The van der Waals surface area contributed by atoms with E-state index in [-0.39, 0.29) is 11.8 Å². The Morgan fingerprint density at radius 3 is 2.89 bits per heavy atom. The van der Waals surface area contributed by atoms with E-state index in [0.717, 1.165) is 16.8 Å². The van der Waals surface area contributed by atoms with E-state index in [1.165, 1.54) is 12.2 Å². The van der Waals surface area contributed by atoms with Gasteiger partial charge in [-0.1, -0.05) is 36.4 Å². The summed E-state index contributed by atoms with van der Waals surface area (Å²) >= 11 is 0. The highest BCUT2D eigenvalue weighted by Crippen LogP contribution is 2.39. The number of quaternary nitrogens is 1. The van der Waals surface area contributed by atoms with E-state index in [9.17, 15) is 9.59 Å². The molecule has 182 valence electrons. The number of likely N-dealkylation sites (N-methyl/N-ethyl adjacent to an activating group) is 1. The van der Waals surface area contributed by atoms with Crippen molar-refractivity contribution in [2.75, 3.05) is 20.1 Å². The highest BCUT2D eigenvalue weighted by Gasteiger charge is 2.34. The number of carbonyl (C=O) groups excluding carboxylic acids is 2. The maximum absolute atomic E-state index is 12.2. The fourth-order valence-electron chi connectivity index (χ4n) is 4.28. The maximum atomic E-state index is 12.2. The van der Waals surface area contributed by atoms with Crippen molar-refractivity contribution in [2.45, 2.75) is 6.42 Å². The number of carbonyl (C=O) groups is 2. The largest absolute Gasteiger partial charge is 0.461 e. The number of rotatable bonds is 7. The van der Waals surface area contributed by atoms with Crippen LogP contribution in [0.25, 0.3) is 11.8 Å². The van der Waals surface area contributed by atoms with Gasteiger partial charge in [-0.05, 0) is 30.2 Å². The molecule has 3 heterocycles. The molecule has 0 saturated carbocycles. The number of allylic oxidation sites excluding steroid dienone is 2. The van der Waals surface area contributed by atoms with Crippen LogP contribution < -0.4 is 5.32 Å². The average molecular weight is 484 g/mol. The second-order valence-corrected chi connectivity index (χ2v) is 9.10. The fraction of sp³-hybridized carbons (Fsp3) is 0.172. The van der Waals surface area contributed by atoms with Gasteiger partial charge in [-0.2, -0.15) is 0 Å². The number of esters is 1. The van der Waals surface area contributed by atoms with Crippen molar-refractivity contribution < 1.29 is 28.0 Å². The van der Waals surface area contributed by atoms with Gasteiger partial charge in [0.15, 0.2) is 11.5 Å². The number of nitrogens with one attached hydrogen (secondary N) is 1. The van der Waals surface area contributed by atoms with Crippen LogP contribution in [0, 0.1) is 5.92 Å². The minimum Gasteiger partial charge on any atom is -0.461 e. The van der Waals surface area contributed by atoms with Gasteiger partial charge < -0.3 is 19.2 Å². The molecule has 0 fully saturated rings. The van der Waals surface area contributed by atoms with Crippen molar-refractivity contribution in [1.29, 1.82) is 0 Å². The van der Waals surface area contributed by atoms with Gasteiger partial charge >= 0.3 is 5.97 Å². The molecule has 7 nitrogen and oxygen atoms in total. The van der Waals surface area contributed by atoms with Gasteiger partial charge in [0.25, 0.3) is 0 Å². The number of benzene rings is 1. The first kappa shape index (κ1) is 23.4. The summed E-state index contributed by atoms with van der Waals surface area (Å²) in [6.07, 6.45) is 18.4. The lowest BCUT2D eigenvalue weighted by molar-refractivity contribution is -0.848. The normalized spacial score (nSPS) is 22.9. The Morgan fingerprint density at radius 1 is 1.22 bits per heavy atom. The Bertz CT molecular complexity index is 1340. The average Bonchev–Trinajstić information content (AvgIpc) is 3.35. The number of ether oxygens (including phenoxy) is 2. The van der Waals surface area contributed by atoms with Crippen LogP contribution in [0.1, 0.15) is 16.9 Å². The second-order valence-electron chi connectivity index (χ2n) is 9.10. The van der Waals surface area contributed by atoms with Gasteiger partial charge in [0.2, 0.25) is 11.7 Å². The van der Waals surface area contributed by atoms with E-state index >= 15 is 0 Å². The van der Waals surface area contributed by atoms with Crippen molar-refractivity contribution in [2.24, 2.45) is 5.92 Å². The summed E-state index contributed by atoms with van der Waals surface area (Å²) in [5, 5.41) is 2.91. The van der Waals surface area contributed by atoms with Gasteiger partial charge in [0.1, 0.15) is 13.1 Å². The Kier molecular flexibility index (Phi) is 6.56. The Labute approximate surface area is 209 Å². The number of furan rings is 1. The lowest BCUT2D eigenvalue weighted by atomic mass is 9.89. The number of nitrogens with zero attached hydrogens (tertiary/aromatic N) is 1. The summed E-state index contributed by atoms with van der Waals surface area (Å²) in [4.78, 5) is 24.0. The topological polar surface area (TPSA) is 77.8 Å². The zero-order valence-electron chi connectivity index (χ0n) is 19.9. The third-order valence-corrected chi connectivity index (χ3v) is 6.27. The van der Waals surface area contributed by atoms with Gasteiger partial charge in [0, 0.05) is 41.5 Å². The first-order valence-electron chi connectivity index (χ1n) is 11.8. The smallest absolute Gasteiger partial charge is 0.335 e. The highest BCUT2D eigenvalue weighted by molar-refractivity contribution is 5.93. The fourth-order valence-corrected chi connectivity index (χ4v) is 4.28. The van der Waals surface area contributed by atoms with Gasteiger partial charge in [-0.25, -0.2) is 4.79 Å². The van der Waals surface area contributed by atoms with Crippen LogP contribution in [-0.4, -0.2) is 36.5 Å². The zero-order chi connectivity index (χ0) is 25.0. The molecule has 2 aromatic rings. The van der Waals surface area contributed by atoms with Gasteiger partial charge in [-0.3, -0.25) is 9.28 Å². The standard InChI is InChI=1S/C29H26N2O5/c1-31(16-12-24(13-17-31)30-25(32)10-8-21-6-3-2-4-7-21)15-5-18-34-29-27-23(14-19-35-27)20-22-9-11-26(33)36-28(22)29/h2-14,16,18-19,22H,15,17,20H2,1H3/p+1/b10-8+,18-5+. The lowest BCUT2D eigenvalue weighted by Crippen LogP contribution is -2.41. The molecule has 5 rings (SSSR count). The molecule has 3 aliphatic rings. The molecular formula is C29H27N2O5+. The summed E-state index contributed by atoms with van der Waals surface area (Å²) < 4.78 is 17.6. The summed E-state index contributed by atoms with van der Waals surface area (Å²) in [5.41, 5.74) is 2.76. The van der Waals surface area contributed by atoms with E-state index in [1.54, 1.807) is 18.6 Å². The molecule has 1 aliphatic carbocycles. The zero-order valence-corrected chi connectivity index (χ0v) is 19.9. The van der Waals surface area contributed by atoms with Crippen LogP contribution in [0.2, 0.25) is 0 Å². The summed E-state index contributed by atoms with van der Waals surface area (Å²) in [5.74, 6) is 0.880. The lowest BCUT2D eigenvalue weighted by Gasteiger charge is -2.30. The van der Waals surface area contributed by atoms with E-state index in [1.807, 2.05) is 66.9 Å². The Hall–Kier alpha value is -4.36. The van der Waals surface area contributed by atoms with Crippen molar-refractivity contribution >= 4 is 23.7 Å². The minimum atomic E-state index is -0.414. The quantitative estimate of drug-likeness (QED) is 0.273. The monoisotopic (exact) mass is 483 g/mol. The van der Waals surface area contributed by atoms with Gasteiger partial charge in [0.05, 0.1) is 25.8 Å². The number of amides is 1. The molecule has 2 aliphatic heterocycles. The third kappa shape index (κ3) is 5.31. The molecule has 7 heteroatoms. The summed E-state index contributed by atoms with van der Waals surface area (Å²) in [7, 11) is 2.09. The molecule has 0 bridgehead atoms. The molecule has 1 aromatic heterocycles. The van der Waals surface area contributed by atoms with E-state index in [4.69, 9.17) is 13.9 Å². The molecule has 1 amide bonds. The number of hydrogen-bond acceptors (Lipinski definition) is 5. The maximum Gasteiger partial charge on any atom is 0.335 e. The Morgan fingerprint density at radius 2 is 2.08 bits per heavy atom. The predicted octanol–water partition coefficient (Wildman–Crippen LogP) is 4.45. The van der Waals surface area contributed by atoms with Crippen molar-refractivity contribution in [3.63, 3.8) is 0 Å². The summed E-state index contributed by atoms with van der Waals surface area (Å²) in [6, 6.07) is 11.6. The van der Waals surface area contributed by atoms with Crippen molar-refractivity contribution in [1.82, 2.24) is 5.32 Å². The van der Waals surface area contributed by atoms with E-state index < -0.39 is 5.97 Å². The highest BCUT2D eigenvalue weighted by atomic mass is 16.6. The van der Waals surface area contributed by atoms with E-state index in [2.05, 4.69) is 12.4 Å². The van der Waals surface area contributed by atoms with Crippen LogP contribution in [0.15, 0.2) is 107 Å². The molecule has 0 radical (unpaired) electrons. The number of hydrogen-bond donors (Lipinski definition) is 1. The Balaban J connectivity index is 1.17. The molecule has 0 spiro atoms. The van der Waals surface area contributed by atoms with Crippen LogP contribution in [0.4, 0.5) is 0 Å². The first-order chi connectivity index (χ1) is 17.5. The third-order valence-electron chi connectivity index (χ3n) is 6.27. The second kappa shape index (κ2) is 10.1. The number of fused-ring (bicyclic) bond motifs is 2. The van der Waals surface area contributed by atoms with Crippen molar-refractivity contribution in [3.05, 3.63) is 120 Å². The van der Waals surface area contributed by atoms with Crippen LogP contribution in [-0.2, 0) is 25.5 Å². The molecule has 2 unspecified atom stereocenters. The SMILES string of the molecule is C[N+]1(C/C=C/OC2=C3OC(=O)C=CC3Cc3ccoc32)C=CC(NC(=O)/C=C/c2ccccc2)=CC1. The molecule has 36 heavy (non-hydrogen) atoms. The van der Waals surface area contributed by atoms with Crippen molar-refractivity contribution in [3.8, 4) is 0 Å². The van der Waals surface area contributed by atoms with Crippen LogP contribution in [0.5, 0.6) is 0 Å². The van der Waals surface area contributed by atoms with Gasteiger partial charge in [-0.15, -0.1) is 0 Å². The predicted molar refractivity (Wildman–Crippen MR) is 135 cm³/mol. The van der Waals surface area contributed by atoms with E-state index in [0.29, 0.717) is 41.3 Å². The first-order valence-corrected chi connectivity index (χ1v) is 11.8. The molecule has 1 N–H and O–H groups in total. The summed E-state index contributed by atoms with van der Waals surface area (Å²) in [6.45, 7) is 1.37. The van der Waals surface area contributed by atoms with Crippen LogP contribution in [0.3, 0.4) is 0 Å².